The first-order valence-electron chi connectivity index (χ1n) is 11.3. The Morgan fingerprint density at radius 1 is 1.14 bits per heavy atom. The van der Waals surface area contributed by atoms with Gasteiger partial charge in [-0.25, -0.2) is 18.4 Å². The van der Waals surface area contributed by atoms with Crippen LogP contribution in [0, 0.1) is 0 Å². The molecule has 2 aromatic carbocycles. The molecule has 0 bridgehead atoms. The lowest BCUT2D eigenvalue weighted by Gasteiger charge is -2.29. The molecule has 0 unspecified atom stereocenters. The number of carbonyl (C=O) groups excluding carboxylic acids is 1. The van der Waals surface area contributed by atoms with E-state index in [0.717, 1.165) is 23.9 Å². The third kappa shape index (κ3) is 4.49. The highest BCUT2D eigenvalue weighted by Crippen LogP contribution is 2.43. The van der Waals surface area contributed by atoms with Gasteiger partial charge in [0.15, 0.2) is 15.7 Å². The molecule has 0 radical (unpaired) electrons. The van der Waals surface area contributed by atoms with Crippen LogP contribution in [0.1, 0.15) is 38.3 Å². The second-order valence-corrected chi connectivity index (χ2v) is 10.8. The van der Waals surface area contributed by atoms with Gasteiger partial charge in [-0.1, -0.05) is 0 Å². The summed E-state index contributed by atoms with van der Waals surface area (Å²) < 4.78 is 29.9. The summed E-state index contributed by atoms with van der Waals surface area (Å²) in [5.41, 5.74) is 2.95. The maximum absolute atomic E-state index is 12.5. The summed E-state index contributed by atoms with van der Waals surface area (Å²) in [5, 5.41) is 0. The van der Waals surface area contributed by atoms with Gasteiger partial charge in [0.2, 0.25) is 5.91 Å². The van der Waals surface area contributed by atoms with Crippen LogP contribution < -0.4 is 4.74 Å². The highest BCUT2D eigenvalue weighted by atomic mass is 32.2. The number of aromatic amines is 1. The van der Waals surface area contributed by atoms with Crippen molar-refractivity contribution in [3.63, 3.8) is 0 Å². The van der Waals surface area contributed by atoms with Gasteiger partial charge in [0.25, 0.3) is 0 Å². The molecular weight excluding hydrogens is 466 g/mol. The minimum atomic E-state index is -3.31. The van der Waals surface area contributed by atoms with E-state index in [1.807, 2.05) is 24.0 Å². The quantitative estimate of drug-likeness (QED) is 0.442. The Labute approximate surface area is 203 Å². The van der Waals surface area contributed by atoms with Crippen LogP contribution in [-0.2, 0) is 14.6 Å². The number of nitrogens with one attached hydrogen (secondary N) is 1. The fraction of sp³-hybridized carbons (Fsp3) is 0.280. The van der Waals surface area contributed by atoms with E-state index in [4.69, 9.17) is 4.74 Å². The number of aromatic nitrogens is 4. The number of sulfone groups is 1. The molecule has 2 atom stereocenters. The van der Waals surface area contributed by atoms with Crippen LogP contribution in [0.2, 0.25) is 0 Å². The molecule has 1 aliphatic rings. The van der Waals surface area contributed by atoms with E-state index in [0.29, 0.717) is 28.5 Å². The highest BCUT2D eigenvalue weighted by Gasteiger charge is 2.35. The van der Waals surface area contributed by atoms with Crippen LogP contribution in [0.25, 0.3) is 22.6 Å². The molecule has 4 aromatic rings. The number of carbonyl (C=O) groups is 1. The predicted molar refractivity (Wildman–Crippen MR) is 131 cm³/mol. The smallest absolute Gasteiger partial charge is 0.220 e. The van der Waals surface area contributed by atoms with Gasteiger partial charge in [0, 0.05) is 43.2 Å². The van der Waals surface area contributed by atoms with E-state index in [-0.39, 0.29) is 22.9 Å². The maximum atomic E-state index is 12.5. The van der Waals surface area contributed by atoms with Crippen molar-refractivity contribution in [3.8, 4) is 23.0 Å². The van der Waals surface area contributed by atoms with Gasteiger partial charge in [0.1, 0.15) is 17.2 Å². The standard InChI is InChI=1S/C25H25N5O4S/c1-15-4-9-23(30(15)16(2)31)19-12-20-21(29-25(28-20)22-14-26-10-11-27-22)13-24(19)34-17-5-7-18(8-6-17)35(3,32)33/h5-8,10-15,23H,4,9H2,1-3H3,(H,28,29)/t15-,23+/m0/s1. The number of fused-ring (bicyclic) bond motifs is 1. The summed E-state index contributed by atoms with van der Waals surface area (Å²) in [5.74, 6) is 1.64. The fourth-order valence-electron chi connectivity index (χ4n) is 4.65. The lowest BCUT2D eigenvalue weighted by molar-refractivity contribution is -0.131. The molecule has 9 nitrogen and oxygen atoms in total. The number of ether oxygens (including phenoxy) is 1. The zero-order chi connectivity index (χ0) is 24.7. The number of hydrogen-bond donors (Lipinski definition) is 1. The SMILES string of the molecule is CC(=O)N1[C@@H](c2cc3[nH]c(-c4cnccn4)nc3cc2Oc2ccc(S(C)(=O)=O)cc2)CC[C@@H]1C. The average Bonchev–Trinajstić information content (AvgIpc) is 3.42. The number of nitrogens with zero attached hydrogens (tertiary/aromatic N) is 4. The first kappa shape index (κ1) is 23.0. The first-order chi connectivity index (χ1) is 16.7. The molecule has 0 saturated carbocycles. The molecule has 35 heavy (non-hydrogen) atoms. The number of rotatable bonds is 5. The number of imidazole rings is 1. The Bertz CT molecular complexity index is 1500. The number of benzene rings is 2. The van der Waals surface area contributed by atoms with Crippen LogP contribution >= 0.6 is 0 Å². The molecule has 180 valence electrons. The summed E-state index contributed by atoms with van der Waals surface area (Å²) in [6.45, 7) is 3.63. The molecule has 3 heterocycles. The largest absolute Gasteiger partial charge is 0.457 e. The lowest BCUT2D eigenvalue weighted by Crippen LogP contribution is -2.33. The van der Waals surface area contributed by atoms with Crippen molar-refractivity contribution in [3.05, 3.63) is 60.6 Å². The third-order valence-corrected chi connectivity index (χ3v) is 7.42. The number of H-pyrrole nitrogens is 1. The summed E-state index contributed by atoms with van der Waals surface area (Å²) in [6, 6.07) is 10.1. The maximum Gasteiger partial charge on any atom is 0.220 e. The normalized spacial score (nSPS) is 18.2. The second-order valence-electron chi connectivity index (χ2n) is 8.80. The molecule has 1 aliphatic heterocycles. The molecule has 10 heteroatoms. The van der Waals surface area contributed by atoms with Gasteiger partial charge in [-0.3, -0.25) is 9.78 Å². The lowest BCUT2D eigenvalue weighted by atomic mass is 10.0. The van der Waals surface area contributed by atoms with Crippen molar-refractivity contribution in [2.75, 3.05) is 6.26 Å². The van der Waals surface area contributed by atoms with Crippen LogP contribution in [0.15, 0.2) is 59.9 Å². The molecule has 1 saturated heterocycles. The minimum Gasteiger partial charge on any atom is -0.457 e. The molecule has 1 N–H and O–H groups in total. The van der Waals surface area contributed by atoms with Crippen molar-refractivity contribution in [2.45, 2.75) is 43.7 Å². The van der Waals surface area contributed by atoms with E-state index < -0.39 is 9.84 Å². The molecule has 2 aromatic heterocycles. The van der Waals surface area contributed by atoms with Crippen molar-refractivity contribution >= 4 is 26.8 Å². The number of amides is 1. The zero-order valence-corrected chi connectivity index (χ0v) is 20.4. The van der Waals surface area contributed by atoms with E-state index >= 15 is 0 Å². The van der Waals surface area contributed by atoms with Crippen LogP contribution in [0.5, 0.6) is 11.5 Å². The van der Waals surface area contributed by atoms with Crippen molar-refractivity contribution in [1.82, 2.24) is 24.8 Å². The number of likely N-dealkylation sites (tertiary alicyclic amines) is 1. The van der Waals surface area contributed by atoms with Crippen LogP contribution in [0.4, 0.5) is 0 Å². The third-order valence-electron chi connectivity index (χ3n) is 6.29. The summed E-state index contributed by atoms with van der Waals surface area (Å²) >= 11 is 0. The van der Waals surface area contributed by atoms with Gasteiger partial charge in [-0.15, -0.1) is 0 Å². The average molecular weight is 492 g/mol. The minimum absolute atomic E-state index is 0.00779. The molecule has 1 fully saturated rings. The van der Waals surface area contributed by atoms with Gasteiger partial charge in [-0.05, 0) is 50.1 Å². The van der Waals surface area contributed by atoms with Gasteiger partial charge >= 0.3 is 0 Å². The predicted octanol–water partition coefficient (Wildman–Crippen LogP) is 4.29. The Morgan fingerprint density at radius 3 is 2.57 bits per heavy atom. The summed E-state index contributed by atoms with van der Waals surface area (Å²) in [7, 11) is -3.31. The first-order valence-corrected chi connectivity index (χ1v) is 13.2. The Morgan fingerprint density at radius 2 is 1.91 bits per heavy atom. The summed E-state index contributed by atoms with van der Waals surface area (Å²) in [6.07, 6.45) is 7.70. The topological polar surface area (TPSA) is 118 Å². The molecule has 5 rings (SSSR count). The highest BCUT2D eigenvalue weighted by molar-refractivity contribution is 7.90. The molecule has 1 amide bonds. The van der Waals surface area contributed by atoms with E-state index in [2.05, 4.69) is 19.9 Å². The van der Waals surface area contributed by atoms with Gasteiger partial charge in [-0.2, -0.15) is 0 Å². The monoisotopic (exact) mass is 491 g/mol. The number of hydrogen-bond acceptors (Lipinski definition) is 7. The van der Waals surface area contributed by atoms with Crippen molar-refractivity contribution in [2.24, 2.45) is 0 Å². The molecule has 0 spiro atoms. The Kier molecular flexibility index (Phi) is 5.76. The van der Waals surface area contributed by atoms with Crippen LogP contribution in [-0.4, -0.2) is 51.5 Å². The Balaban J connectivity index is 1.61. The van der Waals surface area contributed by atoms with Crippen molar-refractivity contribution in [1.29, 1.82) is 0 Å². The summed E-state index contributed by atoms with van der Waals surface area (Å²) in [4.78, 5) is 31.0. The second kappa shape index (κ2) is 8.77. The zero-order valence-electron chi connectivity index (χ0n) is 19.6. The van der Waals surface area contributed by atoms with E-state index in [9.17, 15) is 13.2 Å². The van der Waals surface area contributed by atoms with Crippen LogP contribution in [0.3, 0.4) is 0 Å². The van der Waals surface area contributed by atoms with Gasteiger partial charge in [0.05, 0.1) is 28.2 Å². The van der Waals surface area contributed by atoms with Crippen molar-refractivity contribution < 1.29 is 17.9 Å². The van der Waals surface area contributed by atoms with E-state index in [1.54, 1.807) is 37.6 Å². The van der Waals surface area contributed by atoms with Gasteiger partial charge < -0.3 is 14.6 Å². The molecular formula is C25H25N5O4S. The molecule has 0 aliphatic carbocycles. The Hall–Kier alpha value is -3.79. The van der Waals surface area contributed by atoms with E-state index in [1.165, 1.54) is 18.4 Å². The fourth-order valence-corrected chi connectivity index (χ4v) is 5.28.